The van der Waals surface area contributed by atoms with Crippen LogP contribution in [-0.4, -0.2) is 18.3 Å². The van der Waals surface area contributed by atoms with Gasteiger partial charge in [-0.3, -0.25) is 0 Å². The van der Waals surface area contributed by atoms with Crippen molar-refractivity contribution in [1.82, 2.24) is 0 Å². The molecule has 0 saturated carbocycles. The largest absolute Gasteiger partial charge is 0.494 e. The summed E-state index contributed by atoms with van der Waals surface area (Å²) in [6, 6.07) is 26.8. The van der Waals surface area contributed by atoms with Crippen LogP contribution < -0.4 is 5.46 Å². The van der Waals surface area contributed by atoms with Gasteiger partial charge in [0, 0.05) is 16.5 Å². The highest BCUT2D eigenvalue weighted by atomic mass is 16.7. The first-order valence-electron chi connectivity index (χ1n) is 10.4. The van der Waals surface area contributed by atoms with Crippen molar-refractivity contribution in [3.63, 3.8) is 0 Å². The minimum atomic E-state index is -0.395. The third kappa shape index (κ3) is 3.08. The third-order valence-electron chi connectivity index (χ3n) is 6.33. The van der Waals surface area contributed by atoms with Gasteiger partial charge in [0.25, 0.3) is 0 Å². The molecule has 0 bridgehead atoms. The molecule has 0 radical (unpaired) electrons. The third-order valence-corrected chi connectivity index (χ3v) is 6.33. The summed E-state index contributed by atoms with van der Waals surface area (Å²) in [7, 11) is -0.395. The van der Waals surface area contributed by atoms with E-state index in [4.69, 9.17) is 13.7 Å². The van der Waals surface area contributed by atoms with Gasteiger partial charge < -0.3 is 13.7 Å². The lowest BCUT2D eigenvalue weighted by molar-refractivity contribution is 0.00578. The van der Waals surface area contributed by atoms with Gasteiger partial charge in [0.2, 0.25) is 0 Å². The Morgan fingerprint density at radius 3 is 2.03 bits per heavy atom. The van der Waals surface area contributed by atoms with Crippen molar-refractivity contribution in [2.24, 2.45) is 0 Å². The van der Waals surface area contributed by atoms with Crippen LogP contribution in [0.4, 0.5) is 0 Å². The minimum Gasteiger partial charge on any atom is -0.455 e. The Hall–Kier alpha value is -2.82. The Morgan fingerprint density at radius 1 is 0.667 bits per heavy atom. The zero-order valence-electron chi connectivity index (χ0n) is 17.8. The summed E-state index contributed by atoms with van der Waals surface area (Å²) in [5.41, 5.74) is 4.39. The molecule has 3 aromatic carbocycles. The fourth-order valence-corrected chi connectivity index (χ4v) is 3.94. The van der Waals surface area contributed by atoms with Crippen LogP contribution in [0.5, 0.6) is 0 Å². The van der Waals surface area contributed by atoms with Crippen LogP contribution in [0.25, 0.3) is 33.4 Å². The van der Waals surface area contributed by atoms with Crippen molar-refractivity contribution in [2.45, 2.75) is 38.9 Å². The van der Waals surface area contributed by atoms with E-state index < -0.39 is 7.12 Å². The van der Waals surface area contributed by atoms with Crippen molar-refractivity contribution in [3.8, 4) is 22.5 Å². The van der Waals surface area contributed by atoms with Crippen LogP contribution in [-0.2, 0) is 9.31 Å². The van der Waals surface area contributed by atoms with Gasteiger partial charge in [-0.05, 0) is 44.8 Å². The fraction of sp³-hybridized carbons (Fsp3) is 0.231. The molecule has 30 heavy (non-hydrogen) atoms. The second kappa shape index (κ2) is 6.87. The molecule has 0 unspecified atom stereocenters. The number of para-hydroxylation sites is 1. The lowest BCUT2D eigenvalue weighted by atomic mass is 9.77. The molecule has 0 spiro atoms. The maximum absolute atomic E-state index is 6.31. The van der Waals surface area contributed by atoms with Crippen molar-refractivity contribution in [3.05, 3.63) is 78.9 Å². The van der Waals surface area contributed by atoms with Gasteiger partial charge in [-0.15, -0.1) is 0 Å². The maximum atomic E-state index is 6.31. The van der Waals surface area contributed by atoms with E-state index in [1.807, 2.05) is 36.4 Å². The predicted molar refractivity (Wildman–Crippen MR) is 123 cm³/mol. The second-order valence-corrected chi connectivity index (χ2v) is 8.88. The van der Waals surface area contributed by atoms with Crippen molar-refractivity contribution in [2.75, 3.05) is 0 Å². The smallest absolute Gasteiger partial charge is 0.455 e. The predicted octanol–water partition coefficient (Wildman–Crippen LogP) is 6.07. The molecule has 0 N–H and O–H groups in total. The summed E-state index contributed by atoms with van der Waals surface area (Å²) in [5, 5.41) is 1.10. The quantitative estimate of drug-likeness (QED) is 0.394. The van der Waals surface area contributed by atoms with Crippen molar-refractivity contribution < 1.29 is 13.7 Å². The highest BCUT2D eigenvalue weighted by molar-refractivity contribution is 6.62. The molecule has 1 aromatic heterocycles. The van der Waals surface area contributed by atoms with Gasteiger partial charge >= 0.3 is 7.12 Å². The van der Waals surface area contributed by atoms with Crippen LogP contribution in [0.2, 0.25) is 0 Å². The number of hydrogen-bond donors (Lipinski definition) is 0. The Morgan fingerprint density at radius 2 is 1.30 bits per heavy atom. The highest BCUT2D eigenvalue weighted by Crippen LogP contribution is 2.41. The SMILES string of the molecule is CC1(C)OB(c2cccc(-c3c(-c4ccccc4)oc4ccccc34)c2)OC1(C)C. The number of benzene rings is 3. The molecular formula is C26H25BO3. The van der Waals surface area contributed by atoms with Crippen LogP contribution in [0.3, 0.4) is 0 Å². The Labute approximate surface area is 177 Å². The molecule has 0 aliphatic carbocycles. The summed E-state index contributed by atoms with van der Waals surface area (Å²) < 4.78 is 18.9. The molecule has 0 amide bonds. The zero-order valence-corrected chi connectivity index (χ0v) is 17.8. The van der Waals surface area contributed by atoms with E-state index >= 15 is 0 Å². The second-order valence-electron chi connectivity index (χ2n) is 8.88. The number of rotatable bonds is 3. The average Bonchev–Trinajstić information content (AvgIpc) is 3.23. The van der Waals surface area contributed by atoms with E-state index in [-0.39, 0.29) is 11.2 Å². The molecule has 1 aliphatic rings. The van der Waals surface area contributed by atoms with Crippen LogP contribution in [0.15, 0.2) is 83.3 Å². The first-order chi connectivity index (χ1) is 14.4. The first-order valence-corrected chi connectivity index (χ1v) is 10.4. The lowest BCUT2D eigenvalue weighted by Gasteiger charge is -2.32. The highest BCUT2D eigenvalue weighted by Gasteiger charge is 2.51. The van der Waals surface area contributed by atoms with Crippen molar-refractivity contribution >= 4 is 23.6 Å². The van der Waals surface area contributed by atoms with E-state index in [1.165, 1.54) is 0 Å². The molecular weight excluding hydrogens is 371 g/mol. The molecule has 1 aliphatic heterocycles. The number of hydrogen-bond acceptors (Lipinski definition) is 3. The van der Waals surface area contributed by atoms with E-state index in [1.54, 1.807) is 0 Å². The van der Waals surface area contributed by atoms with E-state index in [0.29, 0.717) is 0 Å². The molecule has 1 fully saturated rings. The normalized spacial score (nSPS) is 17.5. The molecule has 150 valence electrons. The topological polar surface area (TPSA) is 31.6 Å². The maximum Gasteiger partial charge on any atom is 0.494 e. The molecule has 4 aromatic rings. The summed E-state index contributed by atoms with van der Waals surface area (Å²) >= 11 is 0. The molecule has 2 heterocycles. The monoisotopic (exact) mass is 396 g/mol. The standard InChI is InChI=1S/C26H25BO3/c1-25(2)26(3,4)30-27(29-25)20-14-10-13-19(17-20)23-21-15-8-9-16-22(21)28-24(23)18-11-6-5-7-12-18/h5-17H,1-4H3. The Kier molecular flexibility index (Phi) is 4.39. The van der Waals surface area contributed by atoms with E-state index in [2.05, 4.69) is 70.2 Å². The van der Waals surface area contributed by atoms with Crippen LogP contribution >= 0.6 is 0 Å². The average molecular weight is 396 g/mol. The minimum absolute atomic E-state index is 0.370. The number of fused-ring (bicyclic) bond motifs is 1. The van der Waals surface area contributed by atoms with E-state index in [0.717, 1.165) is 38.9 Å². The first kappa shape index (κ1) is 19.2. The molecule has 3 nitrogen and oxygen atoms in total. The molecule has 1 saturated heterocycles. The summed E-state index contributed by atoms with van der Waals surface area (Å²) in [5.74, 6) is 0.878. The van der Waals surface area contributed by atoms with Gasteiger partial charge in [0.05, 0.1) is 11.2 Å². The lowest BCUT2D eigenvalue weighted by Crippen LogP contribution is -2.41. The van der Waals surface area contributed by atoms with Gasteiger partial charge in [-0.1, -0.05) is 72.8 Å². The fourth-order valence-electron chi connectivity index (χ4n) is 3.94. The summed E-state index contributed by atoms with van der Waals surface area (Å²) in [4.78, 5) is 0. The van der Waals surface area contributed by atoms with Gasteiger partial charge in [-0.2, -0.15) is 0 Å². The van der Waals surface area contributed by atoms with Crippen LogP contribution in [0.1, 0.15) is 27.7 Å². The van der Waals surface area contributed by atoms with Gasteiger partial charge in [0.1, 0.15) is 11.3 Å². The molecule has 5 rings (SSSR count). The van der Waals surface area contributed by atoms with Gasteiger partial charge in [-0.25, -0.2) is 0 Å². The van der Waals surface area contributed by atoms with Crippen LogP contribution in [0, 0.1) is 0 Å². The number of furan rings is 1. The Bertz CT molecular complexity index is 1190. The molecule has 4 heteroatoms. The summed E-state index contributed by atoms with van der Waals surface area (Å²) in [6.07, 6.45) is 0. The Balaban J connectivity index is 1.65. The van der Waals surface area contributed by atoms with E-state index in [9.17, 15) is 0 Å². The zero-order chi connectivity index (χ0) is 20.9. The van der Waals surface area contributed by atoms with Gasteiger partial charge in [0.15, 0.2) is 0 Å². The molecule has 0 atom stereocenters. The van der Waals surface area contributed by atoms with Crippen molar-refractivity contribution in [1.29, 1.82) is 0 Å². The summed E-state index contributed by atoms with van der Waals surface area (Å²) in [6.45, 7) is 8.31.